The molecule has 0 fully saturated rings. The first-order chi connectivity index (χ1) is 8.61. The molecule has 2 aromatic rings. The second-order valence-electron chi connectivity index (χ2n) is 3.61. The minimum Gasteiger partial charge on any atom is -0.465 e. The summed E-state index contributed by atoms with van der Waals surface area (Å²) in [4.78, 5) is 15.6. The fourth-order valence-corrected chi connectivity index (χ4v) is 1.58. The molecular formula is C14H18N2O2. The summed E-state index contributed by atoms with van der Waals surface area (Å²) >= 11 is 0. The number of anilines is 1. The van der Waals surface area contributed by atoms with E-state index < -0.39 is 5.97 Å². The molecule has 0 amide bonds. The smallest absolute Gasteiger partial charge is 0.341 e. The molecule has 2 rings (SSSR count). The molecule has 1 heterocycles. The Morgan fingerprint density at radius 3 is 2.56 bits per heavy atom. The third-order valence-electron chi connectivity index (χ3n) is 2.41. The molecule has 4 nitrogen and oxygen atoms in total. The van der Waals surface area contributed by atoms with Crippen LogP contribution in [0.5, 0.6) is 0 Å². The van der Waals surface area contributed by atoms with Crippen molar-refractivity contribution in [3.63, 3.8) is 0 Å². The van der Waals surface area contributed by atoms with Crippen LogP contribution in [-0.4, -0.2) is 18.1 Å². The molecule has 0 aliphatic rings. The number of ether oxygens (including phenoxy) is 1. The number of methoxy groups -OCH3 is 1. The van der Waals surface area contributed by atoms with Crippen molar-refractivity contribution in [3.8, 4) is 0 Å². The number of rotatable bonds is 1. The molecule has 0 spiro atoms. The molecule has 18 heavy (non-hydrogen) atoms. The predicted octanol–water partition coefficient (Wildman–Crippen LogP) is 2.94. The van der Waals surface area contributed by atoms with Crippen LogP contribution in [0.25, 0.3) is 10.9 Å². The summed E-state index contributed by atoms with van der Waals surface area (Å²) in [6.45, 7) is 5.98. The number of aromatic nitrogens is 1. The number of benzene rings is 1. The van der Waals surface area contributed by atoms with Gasteiger partial charge < -0.3 is 10.5 Å². The summed E-state index contributed by atoms with van der Waals surface area (Å²) in [5.41, 5.74) is 7.88. The zero-order valence-electron chi connectivity index (χ0n) is 11.2. The van der Waals surface area contributed by atoms with Gasteiger partial charge in [0.15, 0.2) is 0 Å². The third kappa shape index (κ3) is 2.77. The van der Waals surface area contributed by atoms with Crippen molar-refractivity contribution in [1.82, 2.24) is 4.98 Å². The second-order valence-corrected chi connectivity index (χ2v) is 3.61. The van der Waals surface area contributed by atoms with E-state index in [1.165, 1.54) is 7.11 Å². The number of carbonyl (C=O) groups excluding carboxylic acids is 1. The summed E-state index contributed by atoms with van der Waals surface area (Å²) in [7, 11) is 1.32. The van der Waals surface area contributed by atoms with Crippen LogP contribution in [0.1, 0.15) is 29.8 Å². The molecule has 0 aliphatic heterocycles. The van der Waals surface area contributed by atoms with Crippen molar-refractivity contribution < 1.29 is 9.53 Å². The van der Waals surface area contributed by atoms with Crippen LogP contribution < -0.4 is 5.73 Å². The molecular weight excluding hydrogens is 228 g/mol. The molecule has 0 unspecified atom stereocenters. The van der Waals surface area contributed by atoms with E-state index in [1.807, 2.05) is 39.0 Å². The van der Waals surface area contributed by atoms with Crippen molar-refractivity contribution in [2.75, 3.05) is 12.8 Å². The molecule has 0 saturated heterocycles. The van der Waals surface area contributed by atoms with E-state index in [-0.39, 0.29) is 5.82 Å². The Balaban J connectivity index is 0.000000771. The van der Waals surface area contributed by atoms with E-state index in [0.29, 0.717) is 5.56 Å². The summed E-state index contributed by atoms with van der Waals surface area (Å²) < 4.78 is 4.64. The topological polar surface area (TPSA) is 65.2 Å². The summed E-state index contributed by atoms with van der Waals surface area (Å²) in [5, 5.41) is 0.884. The molecule has 0 radical (unpaired) electrons. The van der Waals surface area contributed by atoms with E-state index in [0.717, 1.165) is 16.5 Å². The van der Waals surface area contributed by atoms with Crippen molar-refractivity contribution in [2.45, 2.75) is 20.8 Å². The number of esters is 1. The van der Waals surface area contributed by atoms with E-state index >= 15 is 0 Å². The van der Waals surface area contributed by atoms with Crippen molar-refractivity contribution in [3.05, 3.63) is 35.4 Å². The molecule has 1 aromatic carbocycles. The highest BCUT2D eigenvalue weighted by atomic mass is 16.5. The summed E-state index contributed by atoms with van der Waals surface area (Å²) in [5.74, 6) is -0.267. The van der Waals surface area contributed by atoms with Gasteiger partial charge in [-0.15, -0.1) is 0 Å². The number of nitrogens with zero attached hydrogens (tertiary/aromatic N) is 1. The van der Waals surface area contributed by atoms with E-state index in [9.17, 15) is 4.79 Å². The Labute approximate surface area is 107 Å². The number of fused-ring (bicyclic) bond motifs is 1. The van der Waals surface area contributed by atoms with E-state index in [4.69, 9.17) is 5.73 Å². The first-order valence-electron chi connectivity index (χ1n) is 5.87. The fraction of sp³-hybridized carbons (Fsp3) is 0.286. The molecule has 0 bridgehead atoms. The van der Waals surface area contributed by atoms with Crippen LogP contribution in [0.2, 0.25) is 0 Å². The Morgan fingerprint density at radius 2 is 1.94 bits per heavy atom. The van der Waals surface area contributed by atoms with Gasteiger partial charge in [-0.05, 0) is 25.1 Å². The number of nitrogen functional groups attached to an aromatic ring is 1. The monoisotopic (exact) mass is 246 g/mol. The number of hydrogen-bond donors (Lipinski definition) is 1. The SMILES string of the molecule is CC.COC(=O)c1cc2cc(C)ccc2nc1N. The Morgan fingerprint density at radius 1 is 1.28 bits per heavy atom. The number of hydrogen-bond acceptors (Lipinski definition) is 4. The normalized spacial score (nSPS) is 9.56. The Hall–Kier alpha value is -2.10. The molecule has 96 valence electrons. The van der Waals surface area contributed by atoms with Gasteiger partial charge >= 0.3 is 5.97 Å². The summed E-state index contributed by atoms with van der Waals surface area (Å²) in [6, 6.07) is 7.49. The van der Waals surface area contributed by atoms with Crippen LogP contribution in [-0.2, 0) is 4.74 Å². The highest BCUT2D eigenvalue weighted by Crippen LogP contribution is 2.20. The maximum Gasteiger partial charge on any atom is 0.341 e. The number of pyridine rings is 1. The van der Waals surface area contributed by atoms with Crippen LogP contribution in [0, 0.1) is 6.92 Å². The number of nitrogens with two attached hydrogens (primary N) is 1. The third-order valence-corrected chi connectivity index (χ3v) is 2.41. The molecule has 0 saturated carbocycles. The highest BCUT2D eigenvalue weighted by molar-refractivity contribution is 5.98. The lowest BCUT2D eigenvalue weighted by molar-refractivity contribution is 0.0602. The minimum absolute atomic E-state index is 0.197. The van der Waals surface area contributed by atoms with Gasteiger partial charge in [0.1, 0.15) is 11.4 Å². The summed E-state index contributed by atoms with van der Waals surface area (Å²) in [6.07, 6.45) is 0. The van der Waals surface area contributed by atoms with Gasteiger partial charge in [0.25, 0.3) is 0 Å². The van der Waals surface area contributed by atoms with E-state index in [1.54, 1.807) is 6.07 Å². The van der Waals surface area contributed by atoms with E-state index in [2.05, 4.69) is 9.72 Å². The fourth-order valence-electron chi connectivity index (χ4n) is 1.58. The Bertz CT molecular complexity index is 565. The van der Waals surface area contributed by atoms with Gasteiger partial charge in [0, 0.05) is 5.39 Å². The molecule has 0 atom stereocenters. The predicted molar refractivity (Wildman–Crippen MR) is 73.6 cm³/mol. The van der Waals surface area contributed by atoms with Crippen LogP contribution in [0.4, 0.5) is 5.82 Å². The van der Waals surface area contributed by atoms with Gasteiger partial charge in [-0.1, -0.05) is 25.5 Å². The first kappa shape index (κ1) is 14.0. The van der Waals surface area contributed by atoms with Gasteiger partial charge in [-0.3, -0.25) is 0 Å². The zero-order valence-corrected chi connectivity index (χ0v) is 11.2. The lowest BCUT2D eigenvalue weighted by Crippen LogP contribution is -2.07. The molecule has 4 heteroatoms. The quantitative estimate of drug-likeness (QED) is 0.786. The number of carbonyl (C=O) groups is 1. The Kier molecular flexibility index (Phi) is 4.66. The zero-order chi connectivity index (χ0) is 13.7. The van der Waals surface area contributed by atoms with Crippen LogP contribution >= 0.6 is 0 Å². The van der Waals surface area contributed by atoms with Crippen LogP contribution in [0.15, 0.2) is 24.3 Å². The lowest BCUT2D eigenvalue weighted by atomic mass is 10.1. The molecule has 0 aliphatic carbocycles. The largest absolute Gasteiger partial charge is 0.465 e. The minimum atomic E-state index is -0.464. The molecule has 2 N–H and O–H groups in total. The lowest BCUT2D eigenvalue weighted by Gasteiger charge is -2.05. The average Bonchev–Trinajstić information content (AvgIpc) is 2.40. The number of aryl methyl sites for hydroxylation is 1. The van der Waals surface area contributed by atoms with Crippen LogP contribution in [0.3, 0.4) is 0 Å². The first-order valence-corrected chi connectivity index (χ1v) is 5.87. The van der Waals surface area contributed by atoms with Crippen molar-refractivity contribution in [1.29, 1.82) is 0 Å². The average molecular weight is 246 g/mol. The molecule has 1 aromatic heterocycles. The van der Waals surface area contributed by atoms with Gasteiger partial charge in [0.05, 0.1) is 12.6 Å². The maximum absolute atomic E-state index is 11.4. The van der Waals surface area contributed by atoms with Gasteiger partial charge in [-0.25, -0.2) is 9.78 Å². The van der Waals surface area contributed by atoms with Crippen molar-refractivity contribution in [2.24, 2.45) is 0 Å². The van der Waals surface area contributed by atoms with Crippen molar-refractivity contribution >= 4 is 22.7 Å². The standard InChI is InChI=1S/C12H12N2O2.C2H6/c1-7-3-4-10-8(5-7)6-9(11(13)14-10)12(15)16-2;1-2/h3-6H,1-2H3,(H2,13,14);1-2H3. The highest BCUT2D eigenvalue weighted by Gasteiger charge is 2.12. The van der Waals surface area contributed by atoms with Gasteiger partial charge in [-0.2, -0.15) is 0 Å². The van der Waals surface area contributed by atoms with Gasteiger partial charge in [0.2, 0.25) is 0 Å². The second kappa shape index (κ2) is 6.00. The maximum atomic E-state index is 11.4.